The molecule has 0 spiro atoms. The standard InChI is InChI=1S/C52H53N8O4/c61-33-9-29-57-25-5-1-13-45(57)49-37-17-19-39(53-37)50(46-14-2-6-26-58(46)30-10-34-62)41-21-23-43(55-41)52(48-16-4-8-28-60(48)32-12-36-64)44-24-22-42(56-44)51(40-20-18-38(49)54-40)47-15-3-7-27-59(47)31-11-35-63/h1-8,13-28,61-64H,9-12,29-36H2,(H,53,54,55,56)/q+3/p+1. The number of hydrogen-bond donors (Lipinski definition) is 6. The maximum absolute atomic E-state index is 9.93. The molecule has 9 heterocycles. The minimum absolute atomic E-state index is 0.0678. The normalized spacial score (nSPS) is 12.1. The number of aliphatic hydroxyl groups is 4. The Morgan fingerprint density at radius 2 is 0.594 bits per heavy atom. The van der Waals surface area contributed by atoms with Gasteiger partial charge in [-0.2, -0.15) is 18.3 Å². The van der Waals surface area contributed by atoms with Gasteiger partial charge in [0.2, 0.25) is 22.8 Å². The zero-order valence-electron chi connectivity index (χ0n) is 35.8. The van der Waals surface area contributed by atoms with E-state index in [4.69, 9.17) is 9.97 Å². The van der Waals surface area contributed by atoms with E-state index < -0.39 is 0 Å². The van der Waals surface area contributed by atoms with Crippen LogP contribution in [0.4, 0.5) is 0 Å². The van der Waals surface area contributed by atoms with Gasteiger partial charge in [-0.25, -0.2) is 9.97 Å². The highest BCUT2D eigenvalue weighted by molar-refractivity contribution is 5.97. The molecular formula is C52H54N8O4+4. The van der Waals surface area contributed by atoms with Crippen molar-refractivity contribution in [3.05, 3.63) is 145 Å². The number of nitrogens with zero attached hydrogens (tertiary/aromatic N) is 6. The van der Waals surface area contributed by atoms with Gasteiger partial charge in [0.1, 0.15) is 0 Å². The third-order valence-corrected chi connectivity index (χ3v) is 11.8. The number of H-pyrrole nitrogens is 2. The maximum Gasteiger partial charge on any atom is 0.216 e. The summed E-state index contributed by atoms with van der Waals surface area (Å²) in [6, 6.07) is 33.0. The minimum Gasteiger partial charge on any atom is -0.396 e. The van der Waals surface area contributed by atoms with Gasteiger partial charge in [-0.15, -0.1) is 0 Å². The van der Waals surface area contributed by atoms with Crippen LogP contribution >= 0.6 is 0 Å². The second kappa shape index (κ2) is 19.6. The molecule has 322 valence electrons. The van der Waals surface area contributed by atoms with Crippen molar-refractivity contribution in [1.82, 2.24) is 19.9 Å². The molecule has 0 aliphatic carbocycles. The molecule has 0 saturated heterocycles. The number of fused-ring (bicyclic) bond motifs is 8. The van der Waals surface area contributed by atoms with Crippen LogP contribution in [-0.4, -0.2) is 66.8 Å². The van der Waals surface area contributed by atoms with Crippen LogP contribution in [0, 0.1) is 0 Å². The van der Waals surface area contributed by atoms with Crippen LogP contribution in [0.5, 0.6) is 0 Å². The Morgan fingerprint density at radius 1 is 0.344 bits per heavy atom. The highest BCUT2D eigenvalue weighted by Crippen LogP contribution is 2.36. The van der Waals surface area contributed by atoms with E-state index in [0.717, 1.165) is 89.9 Å². The van der Waals surface area contributed by atoms with Crippen molar-refractivity contribution in [1.29, 1.82) is 0 Å². The zero-order valence-corrected chi connectivity index (χ0v) is 35.8. The largest absolute Gasteiger partial charge is 0.396 e. The molecule has 7 aromatic heterocycles. The molecule has 64 heavy (non-hydrogen) atoms. The van der Waals surface area contributed by atoms with Crippen molar-refractivity contribution in [2.45, 2.75) is 51.9 Å². The number of aromatic amines is 2. The molecule has 6 N–H and O–H groups in total. The van der Waals surface area contributed by atoms with E-state index in [1.54, 1.807) is 0 Å². The quantitative estimate of drug-likeness (QED) is 0.0656. The van der Waals surface area contributed by atoms with Gasteiger partial charge in [0, 0.05) is 101 Å². The molecule has 0 radical (unpaired) electrons. The summed E-state index contributed by atoms with van der Waals surface area (Å²) in [6.45, 7) is 2.72. The lowest BCUT2D eigenvalue weighted by molar-refractivity contribution is -0.687. The van der Waals surface area contributed by atoms with E-state index in [2.05, 4.69) is 101 Å². The molecule has 9 rings (SSSR count). The average molecular weight is 855 g/mol. The third kappa shape index (κ3) is 8.56. The SMILES string of the molecule is OCCC[n+]1ccccc1-c1c2nc(c(-c3cccc[n+]3CCCO)c3ccc([nH]3)c(-c3cccc[n+]3CCCO)c3nc(c(-c4cccc[n+]4CCCO)c4ccc1[nH]4)C=C3)C=C2. The predicted molar refractivity (Wildman–Crippen MR) is 248 cm³/mol. The van der Waals surface area contributed by atoms with E-state index in [1.165, 1.54) is 0 Å². The maximum atomic E-state index is 9.93. The molecule has 0 unspecified atom stereocenters. The molecule has 12 nitrogen and oxygen atoms in total. The summed E-state index contributed by atoms with van der Waals surface area (Å²) in [6.07, 6.45) is 18.9. The first-order valence-electron chi connectivity index (χ1n) is 22.1. The van der Waals surface area contributed by atoms with E-state index in [9.17, 15) is 20.4 Å². The summed E-state index contributed by atoms with van der Waals surface area (Å²) in [5, 5.41) is 39.7. The fraction of sp³-hybridized carbons (Fsp3) is 0.231. The van der Waals surface area contributed by atoms with Crippen LogP contribution in [0.3, 0.4) is 0 Å². The smallest absolute Gasteiger partial charge is 0.216 e. The van der Waals surface area contributed by atoms with Gasteiger partial charge in [0.05, 0.1) is 67.1 Å². The summed E-state index contributed by atoms with van der Waals surface area (Å²) in [7, 11) is 0. The van der Waals surface area contributed by atoms with E-state index >= 15 is 0 Å². The van der Waals surface area contributed by atoms with Crippen molar-refractivity contribution in [2.24, 2.45) is 0 Å². The number of aromatic nitrogens is 8. The molecule has 0 aromatic carbocycles. The van der Waals surface area contributed by atoms with Crippen LogP contribution in [0.1, 0.15) is 48.5 Å². The lowest BCUT2D eigenvalue weighted by Gasteiger charge is -2.07. The fourth-order valence-electron chi connectivity index (χ4n) is 8.84. The summed E-state index contributed by atoms with van der Waals surface area (Å²) >= 11 is 0. The fourth-order valence-corrected chi connectivity index (χ4v) is 8.84. The Balaban J connectivity index is 1.46. The third-order valence-electron chi connectivity index (χ3n) is 11.8. The number of hydrogen-bond acceptors (Lipinski definition) is 6. The van der Waals surface area contributed by atoms with Crippen molar-refractivity contribution in [3.63, 3.8) is 0 Å². The zero-order chi connectivity index (χ0) is 43.8. The van der Waals surface area contributed by atoms with E-state index in [0.29, 0.717) is 51.9 Å². The Morgan fingerprint density at radius 3 is 0.828 bits per heavy atom. The first kappa shape index (κ1) is 42.3. The van der Waals surface area contributed by atoms with Crippen LogP contribution in [0.25, 0.3) is 91.4 Å². The summed E-state index contributed by atoms with van der Waals surface area (Å²) in [5.74, 6) is 0. The molecule has 7 aromatic rings. The summed E-state index contributed by atoms with van der Waals surface area (Å²) in [4.78, 5) is 18.7. The lowest BCUT2D eigenvalue weighted by atomic mass is 10.1. The minimum atomic E-state index is 0.0678. The first-order chi connectivity index (χ1) is 31.6. The topological polar surface area (TPSA) is 154 Å². The molecule has 0 saturated carbocycles. The van der Waals surface area contributed by atoms with Crippen molar-refractivity contribution < 1.29 is 38.7 Å². The molecular weight excluding hydrogens is 801 g/mol. The molecule has 2 aliphatic heterocycles. The van der Waals surface area contributed by atoms with Crippen LogP contribution in [0.15, 0.2) is 122 Å². The van der Waals surface area contributed by atoms with Crippen molar-refractivity contribution >= 4 is 46.4 Å². The Bertz CT molecular complexity index is 2650. The lowest BCUT2D eigenvalue weighted by Crippen LogP contribution is -2.36. The Kier molecular flexibility index (Phi) is 13.0. The van der Waals surface area contributed by atoms with Crippen LogP contribution in [0.2, 0.25) is 0 Å². The van der Waals surface area contributed by atoms with Gasteiger partial charge in [0.15, 0.2) is 51.0 Å². The monoisotopic (exact) mass is 854 g/mol. The molecule has 0 fully saturated rings. The average Bonchev–Trinajstić information content (AvgIpc) is 4.19. The van der Waals surface area contributed by atoms with Crippen molar-refractivity contribution in [2.75, 3.05) is 26.4 Å². The number of aryl methyl sites for hydroxylation is 4. The second-order valence-electron chi connectivity index (χ2n) is 15.9. The Hall–Kier alpha value is -6.96. The van der Waals surface area contributed by atoms with E-state index in [1.807, 2.05) is 73.3 Å². The molecule has 0 atom stereocenters. The molecule has 12 heteroatoms. The van der Waals surface area contributed by atoms with E-state index in [-0.39, 0.29) is 26.4 Å². The highest BCUT2D eigenvalue weighted by Gasteiger charge is 2.27. The predicted octanol–water partition coefficient (Wildman–Crippen LogP) is 6.00. The van der Waals surface area contributed by atoms with Crippen LogP contribution < -0.4 is 18.3 Å². The number of aliphatic hydroxyl groups excluding tert-OH is 4. The molecule has 0 amide bonds. The van der Waals surface area contributed by atoms with Gasteiger partial charge in [-0.05, 0) is 72.8 Å². The molecule has 2 aliphatic rings. The van der Waals surface area contributed by atoms with Gasteiger partial charge >= 0.3 is 0 Å². The van der Waals surface area contributed by atoms with Crippen molar-refractivity contribution in [3.8, 4) is 45.0 Å². The number of rotatable bonds is 16. The first-order valence-corrected chi connectivity index (χ1v) is 22.1. The second-order valence-corrected chi connectivity index (χ2v) is 15.9. The van der Waals surface area contributed by atoms with Gasteiger partial charge in [-0.3, -0.25) is 0 Å². The van der Waals surface area contributed by atoms with Crippen LogP contribution in [-0.2, 0) is 26.2 Å². The number of pyridine rings is 4. The summed E-state index contributed by atoms with van der Waals surface area (Å²) < 4.78 is 8.68. The highest BCUT2D eigenvalue weighted by atomic mass is 16.3. The van der Waals surface area contributed by atoms with Gasteiger partial charge in [0.25, 0.3) is 0 Å². The Labute approximate surface area is 371 Å². The summed E-state index contributed by atoms with van der Waals surface area (Å²) in [5.41, 5.74) is 13.9. The van der Waals surface area contributed by atoms with Gasteiger partial charge < -0.3 is 30.4 Å². The molecule has 8 bridgehead atoms. The van der Waals surface area contributed by atoms with Gasteiger partial charge in [-0.1, -0.05) is 0 Å². The number of nitrogens with one attached hydrogen (secondary N) is 2.